The van der Waals surface area contributed by atoms with Crippen molar-refractivity contribution in [3.05, 3.63) is 40.1 Å². The van der Waals surface area contributed by atoms with Crippen LogP contribution in [0.25, 0.3) is 11.4 Å². The van der Waals surface area contributed by atoms with Crippen molar-refractivity contribution in [3.8, 4) is 11.4 Å². The molecule has 1 saturated heterocycles. The number of nitrogens with two attached hydrogens (primary N) is 1. The first-order valence-corrected chi connectivity index (χ1v) is 8.20. The number of hydrogen-bond donors (Lipinski definition) is 2. The minimum atomic E-state index is -0.190. The van der Waals surface area contributed by atoms with Crippen LogP contribution in [-0.2, 0) is 0 Å². The molecular weight excluding hydrogens is 335 g/mol. The van der Waals surface area contributed by atoms with E-state index in [0.717, 1.165) is 12.8 Å². The molecule has 0 aliphatic carbocycles. The van der Waals surface area contributed by atoms with Gasteiger partial charge < -0.3 is 15.6 Å². The van der Waals surface area contributed by atoms with Crippen LogP contribution in [0.3, 0.4) is 0 Å². The Labute approximate surface area is 144 Å². The Morgan fingerprint density at radius 2 is 2.04 bits per heavy atom. The van der Waals surface area contributed by atoms with Gasteiger partial charge in [-0.15, -0.1) is 0 Å². The molecule has 1 aromatic heterocycles. The summed E-state index contributed by atoms with van der Waals surface area (Å²) in [4.78, 5) is 21.7. The molecule has 0 saturated carbocycles. The summed E-state index contributed by atoms with van der Waals surface area (Å²) in [7, 11) is 0. The van der Waals surface area contributed by atoms with Crippen molar-refractivity contribution < 1.29 is 4.79 Å². The highest BCUT2D eigenvalue weighted by molar-refractivity contribution is 6.43. The molecule has 5 nitrogen and oxygen atoms in total. The Hall–Kier alpha value is -1.56. The number of halogens is 2. The second kappa shape index (κ2) is 6.15. The molecule has 3 rings (SSSR count). The Balaban J connectivity index is 1.79. The monoisotopic (exact) mass is 352 g/mol. The third kappa shape index (κ3) is 3.37. The number of nitrogens with one attached hydrogen (secondary N) is 1. The van der Waals surface area contributed by atoms with Crippen molar-refractivity contribution in [1.29, 1.82) is 0 Å². The minimum Gasteiger partial charge on any atom is -0.337 e. The van der Waals surface area contributed by atoms with Gasteiger partial charge in [-0.3, -0.25) is 4.79 Å². The van der Waals surface area contributed by atoms with Crippen LogP contribution in [0.1, 0.15) is 30.3 Å². The lowest BCUT2D eigenvalue weighted by Crippen LogP contribution is -2.49. The summed E-state index contributed by atoms with van der Waals surface area (Å²) in [5.41, 5.74) is 7.03. The molecule has 0 radical (unpaired) electrons. The van der Waals surface area contributed by atoms with Crippen LogP contribution in [0.4, 0.5) is 0 Å². The predicted octanol–water partition coefficient (Wildman–Crippen LogP) is 3.34. The van der Waals surface area contributed by atoms with Gasteiger partial charge in [0.05, 0.1) is 16.2 Å². The molecule has 1 fully saturated rings. The van der Waals surface area contributed by atoms with Gasteiger partial charge in [-0.2, -0.15) is 0 Å². The van der Waals surface area contributed by atoms with E-state index in [2.05, 4.69) is 9.97 Å². The van der Waals surface area contributed by atoms with Crippen molar-refractivity contribution in [1.82, 2.24) is 14.9 Å². The summed E-state index contributed by atoms with van der Waals surface area (Å²) >= 11 is 12.2. The molecule has 1 aliphatic rings. The second-order valence-electron chi connectivity index (χ2n) is 6.19. The minimum absolute atomic E-state index is 0.0719. The summed E-state index contributed by atoms with van der Waals surface area (Å²) < 4.78 is 0. The fourth-order valence-electron chi connectivity index (χ4n) is 2.64. The van der Waals surface area contributed by atoms with Crippen molar-refractivity contribution in [3.63, 3.8) is 0 Å². The number of carbonyl (C=O) groups excluding carboxylic acids is 1. The van der Waals surface area contributed by atoms with Gasteiger partial charge in [-0.1, -0.05) is 29.3 Å². The third-order valence-corrected chi connectivity index (χ3v) is 5.02. The van der Waals surface area contributed by atoms with E-state index in [9.17, 15) is 4.79 Å². The lowest BCUT2D eigenvalue weighted by Gasteiger charge is -2.36. The quantitative estimate of drug-likeness (QED) is 0.870. The number of aromatic nitrogens is 2. The zero-order valence-corrected chi connectivity index (χ0v) is 14.3. The number of H-pyrrole nitrogens is 1. The van der Waals surface area contributed by atoms with Crippen LogP contribution in [-0.4, -0.2) is 39.4 Å². The van der Waals surface area contributed by atoms with Crippen LogP contribution >= 0.6 is 23.2 Å². The molecule has 0 bridgehead atoms. The van der Waals surface area contributed by atoms with Gasteiger partial charge >= 0.3 is 0 Å². The van der Waals surface area contributed by atoms with E-state index >= 15 is 0 Å². The highest BCUT2D eigenvalue weighted by atomic mass is 35.5. The van der Waals surface area contributed by atoms with Gasteiger partial charge in [-0.05, 0) is 31.9 Å². The van der Waals surface area contributed by atoms with E-state index in [1.807, 2.05) is 13.0 Å². The highest BCUT2D eigenvalue weighted by Crippen LogP contribution is 2.32. The van der Waals surface area contributed by atoms with Gasteiger partial charge in [0.2, 0.25) is 0 Å². The normalized spacial score (nSPS) is 17.3. The van der Waals surface area contributed by atoms with E-state index < -0.39 is 0 Å². The topological polar surface area (TPSA) is 75.0 Å². The van der Waals surface area contributed by atoms with Gasteiger partial charge in [-0.25, -0.2) is 4.98 Å². The first-order valence-electron chi connectivity index (χ1n) is 7.45. The van der Waals surface area contributed by atoms with Gasteiger partial charge in [0.15, 0.2) is 0 Å². The second-order valence-corrected chi connectivity index (χ2v) is 6.98. The number of benzene rings is 1. The molecule has 122 valence electrons. The number of hydrogen-bond acceptors (Lipinski definition) is 3. The van der Waals surface area contributed by atoms with Crippen molar-refractivity contribution in [2.24, 2.45) is 5.73 Å². The summed E-state index contributed by atoms with van der Waals surface area (Å²) in [6.45, 7) is 3.32. The number of carbonyl (C=O) groups is 1. The number of aromatic amines is 1. The molecule has 0 spiro atoms. The lowest BCUT2D eigenvalue weighted by molar-refractivity contribution is 0.0676. The molecule has 23 heavy (non-hydrogen) atoms. The van der Waals surface area contributed by atoms with Crippen LogP contribution < -0.4 is 5.73 Å². The number of nitrogens with zero attached hydrogens (tertiary/aromatic N) is 2. The van der Waals surface area contributed by atoms with Gasteiger partial charge in [0, 0.05) is 24.2 Å². The van der Waals surface area contributed by atoms with Crippen molar-refractivity contribution >= 4 is 29.1 Å². The smallest absolute Gasteiger partial charge is 0.271 e. The average Bonchev–Trinajstić information content (AvgIpc) is 2.99. The number of piperidine rings is 1. The Bertz CT molecular complexity index is 731. The van der Waals surface area contributed by atoms with E-state index in [1.54, 1.807) is 17.0 Å². The first kappa shape index (κ1) is 16.3. The summed E-state index contributed by atoms with van der Waals surface area (Å²) in [6, 6.07) is 5.31. The Kier molecular flexibility index (Phi) is 4.36. The zero-order chi connectivity index (χ0) is 16.6. The molecule has 3 N–H and O–H groups in total. The maximum Gasteiger partial charge on any atom is 0.271 e. The predicted molar refractivity (Wildman–Crippen MR) is 91.8 cm³/mol. The van der Waals surface area contributed by atoms with Gasteiger partial charge in [0.1, 0.15) is 11.5 Å². The standard InChI is InChI=1S/C16H18Cl2N4O/c1-16(19)5-7-22(8-6-16)15(23)12-9-20-14(21-12)10-3-2-4-11(17)13(10)18/h2-4,9H,5-8,19H2,1H3,(H,20,21). The molecule has 2 heterocycles. The summed E-state index contributed by atoms with van der Waals surface area (Å²) in [5.74, 6) is 0.457. The average molecular weight is 353 g/mol. The third-order valence-electron chi connectivity index (χ3n) is 4.21. The zero-order valence-electron chi connectivity index (χ0n) is 12.8. The molecule has 0 atom stereocenters. The molecule has 1 amide bonds. The van der Waals surface area contributed by atoms with E-state index in [0.29, 0.717) is 40.2 Å². The van der Waals surface area contributed by atoms with Crippen molar-refractivity contribution in [2.75, 3.05) is 13.1 Å². The van der Waals surface area contributed by atoms with Crippen LogP contribution in [0.15, 0.2) is 24.4 Å². The van der Waals surface area contributed by atoms with Crippen LogP contribution in [0, 0.1) is 0 Å². The Morgan fingerprint density at radius 3 is 2.74 bits per heavy atom. The molecular formula is C16H18Cl2N4O. The van der Waals surface area contributed by atoms with Gasteiger partial charge in [0.25, 0.3) is 5.91 Å². The SMILES string of the molecule is CC1(N)CCN(C(=O)c2cnc(-c3cccc(Cl)c3Cl)[nH]2)CC1. The van der Waals surface area contributed by atoms with E-state index in [1.165, 1.54) is 6.20 Å². The van der Waals surface area contributed by atoms with E-state index in [-0.39, 0.29) is 11.4 Å². The molecule has 2 aromatic rings. The summed E-state index contributed by atoms with van der Waals surface area (Å²) in [5, 5.41) is 0.867. The van der Waals surface area contributed by atoms with Crippen LogP contribution in [0.2, 0.25) is 10.0 Å². The van der Waals surface area contributed by atoms with E-state index in [4.69, 9.17) is 28.9 Å². The lowest BCUT2D eigenvalue weighted by atomic mass is 9.91. The molecule has 0 unspecified atom stereocenters. The molecule has 1 aromatic carbocycles. The number of amides is 1. The fraction of sp³-hybridized carbons (Fsp3) is 0.375. The summed E-state index contributed by atoms with van der Waals surface area (Å²) in [6.07, 6.45) is 3.12. The number of imidazole rings is 1. The largest absolute Gasteiger partial charge is 0.337 e. The van der Waals surface area contributed by atoms with Crippen LogP contribution in [0.5, 0.6) is 0 Å². The first-order chi connectivity index (χ1) is 10.9. The molecule has 7 heteroatoms. The fourth-order valence-corrected chi connectivity index (χ4v) is 3.03. The molecule has 1 aliphatic heterocycles. The number of likely N-dealkylation sites (tertiary alicyclic amines) is 1. The van der Waals surface area contributed by atoms with Crippen molar-refractivity contribution in [2.45, 2.75) is 25.3 Å². The maximum absolute atomic E-state index is 12.6. The maximum atomic E-state index is 12.6. The highest BCUT2D eigenvalue weighted by Gasteiger charge is 2.29. The Morgan fingerprint density at radius 1 is 1.35 bits per heavy atom. The number of rotatable bonds is 2.